The predicted octanol–water partition coefficient (Wildman–Crippen LogP) is 3.64. The topological polar surface area (TPSA) is 63.9 Å². The number of H-pyrrole nitrogens is 1. The lowest BCUT2D eigenvalue weighted by Gasteiger charge is -2.07. The molecule has 0 aliphatic carbocycles. The van der Waals surface area contributed by atoms with Crippen LogP contribution in [0.15, 0.2) is 48.5 Å². The Morgan fingerprint density at radius 1 is 1.05 bits per heavy atom. The van der Waals surface area contributed by atoms with Gasteiger partial charge in [0, 0.05) is 5.56 Å². The van der Waals surface area contributed by atoms with Crippen LogP contribution in [-0.4, -0.2) is 17.3 Å². The van der Waals surface area contributed by atoms with Gasteiger partial charge in [-0.05, 0) is 30.7 Å². The molecule has 0 spiro atoms. The van der Waals surface area contributed by atoms with Crippen LogP contribution in [0.1, 0.15) is 5.56 Å². The monoisotopic (exact) mass is 279 g/mol. The van der Waals surface area contributed by atoms with E-state index >= 15 is 0 Å². The summed E-state index contributed by atoms with van der Waals surface area (Å²) in [5.41, 5.74) is 11.1. The summed E-state index contributed by atoms with van der Waals surface area (Å²) in [5, 5.41) is 7.20. The highest BCUT2D eigenvalue weighted by Crippen LogP contribution is 2.36. The molecule has 0 amide bonds. The number of aromatic amines is 1. The van der Waals surface area contributed by atoms with Crippen LogP contribution in [0.25, 0.3) is 22.4 Å². The number of hydrogen-bond donors (Lipinski definition) is 2. The lowest BCUT2D eigenvalue weighted by molar-refractivity contribution is 0.415. The van der Waals surface area contributed by atoms with E-state index in [0.717, 1.165) is 28.1 Å². The number of rotatable bonds is 3. The van der Waals surface area contributed by atoms with Crippen molar-refractivity contribution in [2.24, 2.45) is 0 Å². The van der Waals surface area contributed by atoms with Crippen molar-refractivity contribution >= 4 is 5.82 Å². The summed E-state index contributed by atoms with van der Waals surface area (Å²) in [6, 6.07) is 16.1. The molecule has 4 heteroatoms. The van der Waals surface area contributed by atoms with Gasteiger partial charge in [0.15, 0.2) is 5.82 Å². The van der Waals surface area contributed by atoms with E-state index in [4.69, 9.17) is 10.5 Å². The second-order valence-electron chi connectivity index (χ2n) is 4.96. The zero-order valence-electron chi connectivity index (χ0n) is 12.1. The van der Waals surface area contributed by atoms with Crippen LogP contribution >= 0.6 is 0 Å². The SMILES string of the molecule is COc1cccc(-c2c(N)n[nH]c2-c2cccc(C)c2)c1. The molecule has 1 heterocycles. The fourth-order valence-electron chi connectivity index (χ4n) is 2.44. The summed E-state index contributed by atoms with van der Waals surface area (Å²) in [5.74, 6) is 1.28. The van der Waals surface area contributed by atoms with Gasteiger partial charge in [-0.3, -0.25) is 5.10 Å². The molecule has 2 aromatic carbocycles. The molecule has 3 aromatic rings. The van der Waals surface area contributed by atoms with Crippen molar-refractivity contribution in [2.75, 3.05) is 12.8 Å². The van der Waals surface area contributed by atoms with Crippen LogP contribution in [0.5, 0.6) is 5.75 Å². The first-order valence-electron chi connectivity index (χ1n) is 6.74. The van der Waals surface area contributed by atoms with Crippen molar-refractivity contribution < 1.29 is 4.74 Å². The average Bonchev–Trinajstić information content (AvgIpc) is 2.89. The van der Waals surface area contributed by atoms with Crippen molar-refractivity contribution in [1.82, 2.24) is 10.2 Å². The van der Waals surface area contributed by atoms with E-state index in [2.05, 4.69) is 29.3 Å². The molecule has 106 valence electrons. The van der Waals surface area contributed by atoms with Gasteiger partial charge in [-0.1, -0.05) is 35.9 Å². The molecule has 1 aromatic heterocycles. The van der Waals surface area contributed by atoms with E-state index in [1.165, 1.54) is 5.56 Å². The number of nitrogens with zero attached hydrogens (tertiary/aromatic N) is 1. The highest BCUT2D eigenvalue weighted by molar-refractivity contribution is 5.88. The largest absolute Gasteiger partial charge is 0.497 e. The van der Waals surface area contributed by atoms with Gasteiger partial charge in [-0.25, -0.2) is 0 Å². The number of aromatic nitrogens is 2. The first-order valence-corrected chi connectivity index (χ1v) is 6.74. The first kappa shape index (κ1) is 13.2. The quantitative estimate of drug-likeness (QED) is 0.769. The molecular weight excluding hydrogens is 262 g/mol. The van der Waals surface area contributed by atoms with E-state index in [-0.39, 0.29) is 0 Å². The molecule has 0 unspecified atom stereocenters. The maximum Gasteiger partial charge on any atom is 0.153 e. The number of methoxy groups -OCH3 is 1. The number of aryl methyl sites for hydroxylation is 1. The second-order valence-corrected chi connectivity index (χ2v) is 4.96. The number of nitrogen functional groups attached to an aromatic ring is 1. The summed E-state index contributed by atoms with van der Waals surface area (Å²) >= 11 is 0. The van der Waals surface area contributed by atoms with E-state index in [1.54, 1.807) is 7.11 Å². The Morgan fingerprint density at radius 2 is 1.81 bits per heavy atom. The van der Waals surface area contributed by atoms with Crippen molar-refractivity contribution in [2.45, 2.75) is 6.92 Å². The van der Waals surface area contributed by atoms with Gasteiger partial charge < -0.3 is 10.5 Å². The number of nitrogens with two attached hydrogens (primary N) is 1. The van der Waals surface area contributed by atoms with Crippen LogP contribution in [0.2, 0.25) is 0 Å². The van der Waals surface area contributed by atoms with E-state index < -0.39 is 0 Å². The van der Waals surface area contributed by atoms with Gasteiger partial charge in [0.25, 0.3) is 0 Å². The molecule has 0 bridgehead atoms. The Balaban J connectivity index is 2.17. The third-order valence-electron chi connectivity index (χ3n) is 3.46. The summed E-state index contributed by atoms with van der Waals surface area (Å²) in [6.45, 7) is 2.06. The Morgan fingerprint density at radius 3 is 2.57 bits per heavy atom. The van der Waals surface area contributed by atoms with Gasteiger partial charge >= 0.3 is 0 Å². The molecule has 0 aliphatic heterocycles. The van der Waals surface area contributed by atoms with Gasteiger partial charge in [0.05, 0.1) is 18.4 Å². The van der Waals surface area contributed by atoms with Crippen molar-refractivity contribution in [3.8, 4) is 28.1 Å². The molecule has 3 N–H and O–H groups in total. The predicted molar refractivity (Wildman–Crippen MR) is 85.2 cm³/mol. The van der Waals surface area contributed by atoms with Crippen molar-refractivity contribution in [1.29, 1.82) is 0 Å². The Labute approximate surface area is 123 Å². The lowest BCUT2D eigenvalue weighted by atomic mass is 9.99. The highest BCUT2D eigenvalue weighted by atomic mass is 16.5. The molecule has 0 aliphatic rings. The van der Waals surface area contributed by atoms with Crippen LogP contribution in [0.4, 0.5) is 5.82 Å². The number of benzene rings is 2. The summed E-state index contributed by atoms with van der Waals surface area (Å²) < 4.78 is 5.29. The summed E-state index contributed by atoms with van der Waals surface area (Å²) in [6.07, 6.45) is 0. The average molecular weight is 279 g/mol. The smallest absolute Gasteiger partial charge is 0.153 e. The molecular formula is C17H17N3O. The Bertz CT molecular complexity index is 777. The zero-order valence-corrected chi connectivity index (χ0v) is 12.1. The van der Waals surface area contributed by atoms with Gasteiger partial charge in [0.1, 0.15) is 5.75 Å². The minimum absolute atomic E-state index is 0.486. The standard InChI is InChI=1S/C17H17N3O/c1-11-5-3-7-13(9-11)16-15(17(18)20-19-16)12-6-4-8-14(10-12)21-2/h3-10H,1-2H3,(H3,18,19,20). The van der Waals surface area contributed by atoms with Gasteiger partial charge in [-0.2, -0.15) is 5.10 Å². The van der Waals surface area contributed by atoms with Gasteiger partial charge in [0.2, 0.25) is 0 Å². The molecule has 0 saturated heterocycles. The maximum atomic E-state index is 6.06. The van der Waals surface area contributed by atoms with Gasteiger partial charge in [-0.15, -0.1) is 0 Å². The molecule has 0 saturated carbocycles. The van der Waals surface area contributed by atoms with Crippen molar-refractivity contribution in [3.05, 3.63) is 54.1 Å². The van der Waals surface area contributed by atoms with E-state index in [9.17, 15) is 0 Å². The van der Waals surface area contributed by atoms with Crippen molar-refractivity contribution in [3.63, 3.8) is 0 Å². The minimum Gasteiger partial charge on any atom is -0.497 e. The molecule has 0 radical (unpaired) electrons. The van der Waals surface area contributed by atoms with E-state index in [1.807, 2.05) is 36.4 Å². The minimum atomic E-state index is 0.486. The number of hydrogen-bond acceptors (Lipinski definition) is 3. The Hall–Kier alpha value is -2.75. The van der Waals surface area contributed by atoms with E-state index in [0.29, 0.717) is 5.82 Å². The molecule has 0 fully saturated rings. The summed E-state index contributed by atoms with van der Waals surface area (Å²) in [4.78, 5) is 0. The first-order chi connectivity index (χ1) is 10.2. The van der Waals surface area contributed by atoms with Crippen LogP contribution < -0.4 is 10.5 Å². The summed E-state index contributed by atoms with van der Waals surface area (Å²) in [7, 11) is 1.65. The Kier molecular flexibility index (Phi) is 3.36. The van der Waals surface area contributed by atoms with Crippen LogP contribution in [0.3, 0.4) is 0 Å². The normalized spacial score (nSPS) is 10.6. The molecule has 4 nitrogen and oxygen atoms in total. The fraction of sp³-hybridized carbons (Fsp3) is 0.118. The number of nitrogens with one attached hydrogen (secondary N) is 1. The third-order valence-corrected chi connectivity index (χ3v) is 3.46. The van der Waals surface area contributed by atoms with Crippen LogP contribution in [-0.2, 0) is 0 Å². The lowest BCUT2D eigenvalue weighted by Crippen LogP contribution is -1.90. The number of ether oxygens (including phenoxy) is 1. The fourth-order valence-corrected chi connectivity index (χ4v) is 2.44. The maximum absolute atomic E-state index is 6.06. The highest BCUT2D eigenvalue weighted by Gasteiger charge is 2.15. The number of anilines is 1. The molecule has 21 heavy (non-hydrogen) atoms. The van der Waals surface area contributed by atoms with Crippen LogP contribution in [0, 0.1) is 6.92 Å². The second kappa shape index (κ2) is 5.32. The zero-order chi connectivity index (χ0) is 14.8. The third kappa shape index (κ3) is 2.48. The molecule has 0 atom stereocenters. The molecule has 3 rings (SSSR count).